The van der Waals surface area contributed by atoms with Gasteiger partial charge in [-0.05, 0) is 36.2 Å². The number of aromatic nitrogens is 3. The fraction of sp³-hybridized carbons (Fsp3) is 0.250. The van der Waals surface area contributed by atoms with E-state index in [-0.39, 0.29) is 24.0 Å². The number of benzene rings is 1. The first-order chi connectivity index (χ1) is 13.2. The predicted molar refractivity (Wildman–Crippen MR) is 122 cm³/mol. The number of aliphatic imine (C=N–C) groups is 1. The van der Waals surface area contributed by atoms with Gasteiger partial charge in [0.2, 0.25) is 0 Å². The Labute approximate surface area is 182 Å². The number of hydrogen-bond acceptors (Lipinski definition) is 4. The fourth-order valence-corrected chi connectivity index (χ4v) is 2.69. The third kappa shape index (κ3) is 5.69. The molecule has 0 spiro atoms. The Morgan fingerprint density at radius 1 is 1.14 bits per heavy atom. The van der Waals surface area contributed by atoms with Crippen LogP contribution in [0.2, 0.25) is 0 Å². The zero-order valence-corrected chi connectivity index (χ0v) is 18.5. The summed E-state index contributed by atoms with van der Waals surface area (Å²) < 4.78 is 7.33. The molecule has 2 heterocycles. The van der Waals surface area contributed by atoms with E-state index < -0.39 is 0 Å². The van der Waals surface area contributed by atoms with E-state index in [9.17, 15) is 0 Å². The first-order valence-corrected chi connectivity index (χ1v) is 8.71. The van der Waals surface area contributed by atoms with Crippen molar-refractivity contribution in [1.82, 2.24) is 25.2 Å². The van der Waals surface area contributed by atoms with Gasteiger partial charge in [0.1, 0.15) is 17.9 Å². The highest BCUT2D eigenvalue weighted by atomic mass is 127. The maximum Gasteiger partial charge on any atom is 0.191 e. The monoisotopic (exact) mass is 492 g/mol. The molecule has 0 radical (unpaired) electrons. The van der Waals surface area contributed by atoms with Crippen molar-refractivity contribution in [2.24, 2.45) is 4.99 Å². The number of rotatable bonds is 6. The van der Waals surface area contributed by atoms with Crippen LogP contribution in [-0.4, -0.2) is 34.7 Å². The molecular weight excluding hydrogens is 467 g/mol. The highest BCUT2D eigenvalue weighted by Crippen LogP contribution is 2.19. The molecule has 0 fully saturated rings. The topological polar surface area (TPSA) is 76.4 Å². The SMILES string of the molecule is CN=C(NCc1ccnc(-n2ccnc2)c1)NCc1ccc(C)cc1OC.I. The van der Waals surface area contributed by atoms with E-state index in [1.807, 2.05) is 35.9 Å². The number of pyridine rings is 1. The molecule has 2 aromatic heterocycles. The molecule has 2 N–H and O–H groups in total. The van der Waals surface area contributed by atoms with Crippen LogP contribution in [0.3, 0.4) is 0 Å². The van der Waals surface area contributed by atoms with Crippen LogP contribution in [0, 0.1) is 6.92 Å². The van der Waals surface area contributed by atoms with E-state index in [2.05, 4.69) is 37.7 Å². The summed E-state index contributed by atoms with van der Waals surface area (Å²) in [4.78, 5) is 12.7. The van der Waals surface area contributed by atoms with Crippen molar-refractivity contribution >= 4 is 29.9 Å². The van der Waals surface area contributed by atoms with Crippen LogP contribution < -0.4 is 15.4 Å². The molecule has 0 saturated carbocycles. The Bertz CT molecular complexity index is 911. The third-order valence-electron chi connectivity index (χ3n) is 4.15. The fourth-order valence-electron chi connectivity index (χ4n) is 2.69. The summed E-state index contributed by atoms with van der Waals surface area (Å²) in [6, 6.07) is 10.2. The van der Waals surface area contributed by atoms with Crippen LogP contribution in [-0.2, 0) is 13.1 Å². The Morgan fingerprint density at radius 2 is 1.96 bits per heavy atom. The summed E-state index contributed by atoms with van der Waals surface area (Å²) in [5, 5.41) is 6.64. The van der Waals surface area contributed by atoms with Crippen LogP contribution in [0.15, 0.2) is 60.2 Å². The van der Waals surface area contributed by atoms with Gasteiger partial charge in [0.15, 0.2) is 5.96 Å². The first-order valence-electron chi connectivity index (χ1n) is 8.71. The van der Waals surface area contributed by atoms with Crippen molar-refractivity contribution in [2.45, 2.75) is 20.0 Å². The minimum Gasteiger partial charge on any atom is -0.496 e. The molecule has 3 rings (SSSR count). The van der Waals surface area contributed by atoms with Crippen LogP contribution in [0.5, 0.6) is 5.75 Å². The number of hydrogen-bond donors (Lipinski definition) is 2. The van der Waals surface area contributed by atoms with Crippen LogP contribution in [0.4, 0.5) is 0 Å². The maximum absolute atomic E-state index is 5.46. The van der Waals surface area contributed by atoms with Gasteiger partial charge in [-0.25, -0.2) is 9.97 Å². The lowest BCUT2D eigenvalue weighted by molar-refractivity contribution is 0.408. The number of halogens is 1. The van der Waals surface area contributed by atoms with Gasteiger partial charge in [-0.15, -0.1) is 24.0 Å². The average molecular weight is 492 g/mol. The maximum atomic E-state index is 5.46. The molecule has 1 aromatic carbocycles. The van der Waals surface area contributed by atoms with Crippen molar-refractivity contribution < 1.29 is 4.74 Å². The first kappa shape index (κ1) is 21.7. The smallest absolute Gasteiger partial charge is 0.191 e. The van der Waals surface area contributed by atoms with Crippen molar-refractivity contribution in [3.8, 4) is 11.6 Å². The van der Waals surface area contributed by atoms with Gasteiger partial charge in [-0.1, -0.05) is 12.1 Å². The molecule has 8 heteroatoms. The Hall–Kier alpha value is -2.62. The van der Waals surface area contributed by atoms with Gasteiger partial charge in [0, 0.05) is 44.3 Å². The molecule has 0 amide bonds. The molecule has 0 bridgehead atoms. The molecule has 3 aromatic rings. The lowest BCUT2D eigenvalue weighted by atomic mass is 10.1. The van der Waals surface area contributed by atoms with Gasteiger partial charge < -0.3 is 15.4 Å². The highest BCUT2D eigenvalue weighted by molar-refractivity contribution is 14.0. The van der Waals surface area contributed by atoms with Crippen molar-refractivity contribution in [2.75, 3.05) is 14.2 Å². The molecule has 0 unspecified atom stereocenters. The van der Waals surface area contributed by atoms with Gasteiger partial charge >= 0.3 is 0 Å². The Morgan fingerprint density at radius 3 is 2.68 bits per heavy atom. The zero-order chi connectivity index (χ0) is 19.1. The number of imidazole rings is 1. The predicted octanol–water partition coefficient (Wildman–Crippen LogP) is 3.07. The van der Waals surface area contributed by atoms with Crippen LogP contribution in [0.1, 0.15) is 16.7 Å². The second-order valence-corrected chi connectivity index (χ2v) is 6.09. The molecule has 148 valence electrons. The Kier molecular flexibility index (Phi) is 8.24. The Balaban J connectivity index is 0.00000280. The minimum absolute atomic E-state index is 0. The number of aryl methyl sites for hydroxylation is 1. The van der Waals surface area contributed by atoms with Crippen molar-refractivity contribution in [3.05, 3.63) is 71.9 Å². The summed E-state index contributed by atoms with van der Waals surface area (Å²) >= 11 is 0. The van der Waals surface area contributed by atoms with Crippen molar-refractivity contribution in [1.29, 1.82) is 0 Å². The van der Waals surface area contributed by atoms with E-state index in [0.717, 1.165) is 28.7 Å². The van der Waals surface area contributed by atoms with E-state index in [0.29, 0.717) is 13.1 Å². The third-order valence-corrected chi connectivity index (χ3v) is 4.15. The number of nitrogens with one attached hydrogen (secondary N) is 2. The number of nitrogens with zero attached hydrogens (tertiary/aromatic N) is 4. The normalized spacial score (nSPS) is 10.9. The molecule has 0 aliphatic heterocycles. The lowest BCUT2D eigenvalue weighted by Gasteiger charge is -2.14. The number of methoxy groups -OCH3 is 1. The molecule has 0 aliphatic carbocycles. The summed E-state index contributed by atoms with van der Waals surface area (Å²) in [7, 11) is 3.44. The largest absolute Gasteiger partial charge is 0.496 e. The molecule has 0 saturated heterocycles. The molecule has 7 nitrogen and oxygen atoms in total. The van der Waals surface area contributed by atoms with Gasteiger partial charge in [0.25, 0.3) is 0 Å². The van der Waals surface area contributed by atoms with Gasteiger partial charge in [0.05, 0.1) is 7.11 Å². The van der Waals surface area contributed by atoms with E-state index in [1.54, 1.807) is 32.9 Å². The van der Waals surface area contributed by atoms with Gasteiger partial charge in [-0.2, -0.15) is 0 Å². The molecule has 0 atom stereocenters. The summed E-state index contributed by atoms with van der Waals surface area (Å²) in [5.41, 5.74) is 3.35. The molecule has 0 aliphatic rings. The van der Waals surface area contributed by atoms with E-state index in [1.165, 1.54) is 5.56 Å². The quantitative estimate of drug-likeness (QED) is 0.314. The zero-order valence-electron chi connectivity index (χ0n) is 16.2. The number of ether oxygens (including phenoxy) is 1. The van der Waals surface area contributed by atoms with Crippen LogP contribution in [0.25, 0.3) is 5.82 Å². The molecular formula is C20H25IN6O. The number of guanidine groups is 1. The van der Waals surface area contributed by atoms with Gasteiger partial charge in [-0.3, -0.25) is 9.56 Å². The van der Waals surface area contributed by atoms with Crippen molar-refractivity contribution in [3.63, 3.8) is 0 Å². The minimum atomic E-state index is 0. The average Bonchev–Trinajstić information content (AvgIpc) is 3.24. The summed E-state index contributed by atoms with van der Waals surface area (Å²) in [6.45, 7) is 3.31. The summed E-state index contributed by atoms with van der Waals surface area (Å²) in [5.74, 6) is 2.43. The highest BCUT2D eigenvalue weighted by Gasteiger charge is 2.05. The van der Waals surface area contributed by atoms with E-state index >= 15 is 0 Å². The van der Waals surface area contributed by atoms with Crippen LogP contribution >= 0.6 is 24.0 Å². The second kappa shape index (κ2) is 10.6. The standard InChI is InChI=1S/C20H24N6O.HI/c1-15-4-5-17(18(10-15)27-3)13-25-20(21-2)24-12-16-6-7-23-19(11-16)26-9-8-22-14-26;/h4-11,14H,12-13H2,1-3H3,(H2,21,24,25);1H. The molecule has 28 heavy (non-hydrogen) atoms. The summed E-state index contributed by atoms with van der Waals surface area (Å²) in [6.07, 6.45) is 7.13. The van der Waals surface area contributed by atoms with E-state index in [4.69, 9.17) is 4.74 Å². The lowest BCUT2D eigenvalue weighted by Crippen LogP contribution is -2.36. The second-order valence-electron chi connectivity index (χ2n) is 6.09.